The number of aliphatic imine (C=N–C) groups is 1. The number of aryl methyl sites for hydroxylation is 1. The number of likely N-dealkylation sites (tertiary alicyclic amines) is 1. The fourth-order valence-corrected chi connectivity index (χ4v) is 6.86. The number of aromatic nitrogens is 2. The van der Waals surface area contributed by atoms with E-state index < -0.39 is 6.10 Å². The summed E-state index contributed by atoms with van der Waals surface area (Å²) in [5.41, 5.74) is 2.82. The summed E-state index contributed by atoms with van der Waals surface area (Å²) in [6, 6.07) is 4.23. The van der Waals surface area contributed by atoms with Gasteiger partial charge >= 0.3 is 0 Å². The molecular weight excluding hydrogens is 496 g/mol. The van der Waals surface area contributed by atoms with Gasteiger partial charge in [-0.2, -0.15) is 4.98 Å². The highest BCUT2D eigenvalue weighted by Gasteiger charge is 2.64. The van der Waals surface area contributed by atoms with Crippen LogP contribution >= 0.6 is 11.6 Å². The molecule has 2 aliphatic carbocycles. The van der Waals surface area contributed by atoms with Crippen LogP contribution in [0.3, 0.4) is 0 Å². The SMILES string of the molecule is CN1CC[C@]23c4c5ccc(O)c4O[C@H]2[C@@H](O)C=C[C@H]3[C@H]1C5.COc1nc(C)nc(Cl)c1NC1=NCCN1. The number of rotatable bonds is 2. The van der Waals surface area contributed by atoms with E-state index in [0.29, 0.717) is 46.2 Å². The topological polar surface area (TPSA) is 124 Å². The maximum absolute atomic E-state index is 10.4. The number of piperidine rings is 1. The molecule has 1 aromatic carbocycles. The Hall–Kier alpha value is -3.08. The third kappa shape index (κ3) is 3.72. The average molecular weight is 527 g/mol. The number of aromatic hydroxyl groups is 1. The van der Waals surface area contributed by atoms with Crippen LogP contribution < -0.4 is 20.1 Å². The molecule has 0 amide bonds. The number of ether oxygens (including phenoxy) is 2. The van der Waals surface area contributed by atoms with Crippen LogP contribution in [0.5, 0.6) is 17.4 Å². The van der Waals surface area contributed by atoms with E-state index in [1.54, 1.807) is 13.0 Å². The lowest BCUT2D eigenvalue weighted by atomic mass is 9.53. The van der Waals surface area contributed by atoms with Crippen LogP contribution in [0.15, 0.2) is 29.3 Å². The van der Waals surface area contributed by atoms with Gasteiger partial charge in [0.2, 0.25) is 5.88 Å². The summed E-state index contributed by atoms with van der Waals surface area (Å²) < 4.78 is 11.2. The number of methoxy groups -OCH3 is 1. The average Bonchev–Trinajstić information content (AvgIpc) is 3.52. The molecule has 2 bridgehead atoms. The maximum atomic E-state index is 10.4. The minimum atomic E-state index is -0.594. The molecule has 196 valence electrons. The van der Waals surface area contributed by atoms with Crippen molar-refractivity contribution in [1.29, 1.82) is 0 Å². The second-order valence-electron chi connectivity index (χ2n) is 10.2. The molecule has 1 saturated heterocycles. The minimum Gasteiger partial charge on any atom is -0.504 e. The number of guanidine groups is 1. The minimum absolute atomic E-state index is 0.160. The van der Waals surface area contributed by atoms with E-state index in [0.717, 1.165) is 32.5 Å². The van der Waals surface area contributed by atoms with Crippen LogP contribution in [0, 0.1) is 12.8 Å². The van der Waals surface area contributed by atoms with E-state index in [4.69, 9.17) is 21.1 Å². The van der Waals surface area contributed by atoms with Crippen molar-refractivity contribution in [1.82, 2.24) is 20.2 Å². The highest BCUT2D eigenvalue weighted by Crippen LogP contribution is 2.62. The highest BCUT2D eigenvalue weighted by molar-refractivity contribution is 6.32. The van der Waals surface area contributed by atoms with E-state index in [2.05, 4.69) is 43.6 Å². The molecule has 1 spiro atoms. The van der Waals surface area contributed by atoms with Crippen molar-refractivity contribution < 1.29 is 19.7 Å². The first-order valence-electron chi connectivity index (χ1n) is 12.6. The van der Waals surface area contributed by atoms with Crippen LogP contribution in [-0.2, 0) is 11.8 Å². The van der Waals surface area contributed by atoms with Gasteiger partial charge in [0.15, 0.2) is 22.6 Å². The van der Waals surface area contributed by atoms with Gasteiger partial charge in [-0.3, -0.25) is 4.99 Å². The van der Waals surface area contributed by atoms with Gasteiger partial charge in [0.05, 0.1) is 13.7 Å². The zero-order chi connectivity index (χ0) is 25.9. The van der Waals surface area contributed by atoms with Gasteiger partial charge in [-0.1, -0.05) is 29.8 Å². The van der Waals surface area contributed by atoms with Gasteiger partial charge in [-0.25, -0.2) is 4.98 Å². The van der Waals surface area contributed by atoms with Crippen molar-refractivity contribution in [2.75, 3.05) is 39.1 Å². The number of hydrogen-bond donors (Lipinski definition) is 4. The summed E-state index contributed by atoms with van der Waals surface area (Å²) in [7, 11) is 3.72. The molecule has 0 unspecified atom stereocenters. The maximum Gasteiger partial charge on any atom is 0.242 e. The van der Waals surface area contributed by atoms with Gasteiger partial charge in [0, 0.05) is 29.5 Å². The van der Waals surface area contributed by atoms with Gasteiger partial charge in [0.1, 0.15) is 23.7 Å². The van der Waals surface area contributed by atoms with Crippen LogP contribution in [0.1, 0.15) is 23.4 Å². The van der Waals surface area contributed by atoms with Crippen LogP contribution in [0.25, 0.3) is 0 Å². The van der Waals surface area contributed by atoms with E-state index in [1.165, 1.54) is 18.2 Å². The Morgan fingerprint density at radius 2 is 2.14 bits per heavy atom. The molecule has 10 nitrogen and oxygen atoms in total. The molecule has 1 fully saturated rings. The quantitative estimate of drug-likeness (QED) is 0.343. The molecule has 11 heteroatoms. The van der Waals surface area contributed by atoms with Gasteiger partial charge in [-0.15, -0.1) is 0 Å². The molecular formula is C26H31ClN6O4. The molecule has 2 aromatic rings. The first-order valence-corrected chi connectivity index (χ1v) is 12.9. The Labute approximate surface area is 220 Å². The molecule has 37 heavy (non-hydrogen) atoms. The van der Waals surface area contributed by atoms with Crippen LogP contribution in [0.4, 0.5) is 5.69 Å². The van der Waals surface area contributed by atoms with Gasteiger partial charge in [0.25, 0.3) is 0 Å². The number of anilines is 1. The monoisotopic (exact) mass is 526 g/mol. The van der Waals surface area contributed by atoms with Gasteiger partial charge < -0.3 is 35.2 Å². The van der Waals surface area contributed by atoms with Crippen molar-refractivity contribution in [2.24, 2.45) is 10.9 Å². The smallest absolute Gasteiger partial charge is 0.242 e. The van der Waals surface area contributed by atoms with Crippen molar-refractivity contribution in [3.63, 3.8) is 0 Å². The Morgan fingerprint density at radius 1 is 1.30 bits per heavy atom. The molecule has 0 saturated carbocycles. The molecule has 1 aromatic heterocycles. The third-order valence-electron chi connectivity index (χ3n) is 8.20. The van der Waals surface area contributed by atoms with Crippen molar-refractivity contribution in [3.8, 4) is 17.4 Å². The number of aliphatic hydroxyl groups is 1. The lowest BCUT2D eigenvalue weighted by Crippen LogP contribution is -2.64. The highest BCUT2D eigenvalue weighted by atomic mass is 35.5. The zero-order valence-electron chi connectivity index (χ0n) is 21.0. The predicted molar refractivity (Wildman–Crippen MR) is 140 cm³/mol. The second kappa shape index (κ2) is 9.04. The number of halogens is 1. The van der Waals surface area contributed by atoms with Crippen molar-refractivity contribution >= 4 is 23.2 Å². The van der Waals surface area contributed by atoms with E-state index in [-0.39, 0.29) is 17.3 Å². The number of aliphatic hydroxyl groups excluding tert-OH is 1. The number of nitrogens with zero attached hydrogens (tertiary/aromatic N) is 4. The third-order valence-corrected chi connectivity index (χ3v) is 8.48. The van der Waals surface area contributed by atoms with Crippen LogP contribution in [-0.4, -0.2) is 83.1 Å². The number of benzene rings is 1. The molecule has 3 aliphatic heterocycles. The summed E-state index contributed by atoms with van der Waals surface area (Å²) in [6.45, 7) is 4.32. The summed E-state index contributed by atoms with van der Waals surface area (Å²) in [6.07, 6.45) is 5.18. The molecule has 5 aliphatic rings. The predicted octanol–water partition coefficient (Wildman–Crippen LogP) is 2.02. The number of hydrogen-bond acceptors (Lipinski definition) is 10. The van der Waals surface area contributed by atoms with E-state index in [1.807, 2.05) is 12.1 Å². The Balaban J connectivity index is 0.000000142. The van der Waals surface area contributed by atoms with Crippen LogP contribution in [0.2, 0.25) is 5.15 Å². The molecule has 4 heterocycles. The molecule has 5 atom stereocenters. The molecule has 0 radical (unpaired) electrons. The second-order valence-corrected chi connectivity index (χ2v) is 10.5. The Kier molecular flexibility index (Phi) is 5.93. The van der Waals surface area contributed by atoms with Crippen molar-refractivity contribution in [3.05, 3.63) is 46.4 Å². The van der Waals surface area contributed by atoms with E-state index in [9.17, 15) is 10.2 Å². The Morgan fingerprint density at radius 3 is 2.89 bits per heavy atom. The largest absolute Gasteiger partial charge is 0.504 e. The van der Waals surface area contributed by atoms with E-state index >= 15 is 0 Å². The fraction of sp³-hybridized carbons (Fsp3) is 0.500. The zero-order valence-corrected chi connectivity index (χ0v) is 21.8. The number of likely N-dealkylation sites (N-methyl/N-ethyl adjacent to an activating group) is 1. The Bertz CT molecular complexity index is 1300. The first kappa shape index (κ1) is 24.3. The summed E-state index contributed by atoms with van der Waals surface area (Å²) in [5.74, 6) is 2.82. The normalized spacial score (nSPS) is 30.4. The number of phenols is 1. The summed E-state index contributed by atoms with van der Waals surface area (Å²) in [4.78, 5) is 14.8. The number of phenolic OH excluding ortho intramolecular Hbond substituents is 1. The summed E-state index contributed by atoms with van der Waals surface area (Å²) in [5, 5.41) is 27.0. The standard InChI is InChI=1S/C17H19NO3.C9H12ClN5O/c1-18-7-6-17-10-3-5-13(20)16(17)21-15-12(19)4-2-9(14(15)17)8-11(10)18;1-5-13-7(10)6(8(14-5)16-2)15-9-11-3-4-12-9/h2-5,10-11,13,16,19-20H,6-8H2,1H3;3-4H2,1-2H3,(H2,11,12,15)/t10-,11+,13-,16-,17-;/m0./s1. The molecule has 4 N–H and O–H groups in total. The lowest BCUT2D eigenvalue weighted by Gasteiger charge is -2.56. The molecule has 7 rings (SSSR count). The van der Waals surface area contributed by atoms with Gasteiger partial charge in [-0.05, 0) is 45.0 Å². The lowest BCUT2D eigenvalue weighted by molar-refractivity contribution is -0.0453. The fourth-order valence-electron chi connectivity index (χ4n) is 6.61. The van der Waals surface area contributed by atoms with Crippen molar-refractivity contribution in [2.45, 2.75) is 43.4 Å². The summed E-state index contributed by atoms with van der Waals surface area (Å²) >= 11 is 6.02. The number of nitrogens with one attached hydrogen (secondary N) is 2. The first-order chi connectivity index (χ1) is 17.8.